The molecule has 34 heavy (non-hydrogen) atoms. The van der Waals surface area contributed by atoms with Gasteiger partial charge in [0.2, 0.25) is 5.91 Å². The largest absolute Gasteiger partial charge is 0.492 e. The van der Waals surface area contributed by atoms with Crippen molar-refractivity contribution in [3.05, 3.63) is 103 Å². The number of carbonyl (C=O) groups is 1. The van der Waals surface area contributed by atoms with Gasteiger partial charge >= 0.3 is 0 Å². The monoisotopic (exact) mass is 447 g/mol. The van der Waals surface area contributed by atoms with Crippen LogP contribution in [-0.4, -0.2) is 28.6 Å². The molecule has 0 bridgehead atoms. The number of amides is 1. The van der Waals surface area contributed by atoms with Gasteiger partial charge in [0.25, 0.3) is 0 Å². The zero-order valence-electron chi connectivity index (χ0n) is 18.8. The molecule has 1 aromatic heterocycles. The Kier molecular flexibility index (Phi) is 5.22. The molecule has 1 atom stereocenters. The van der Waals surface area contributed by atoms with E-state index in [0.717, 1.165) is 39.1 Å². The molecule has 1 aliphatic rings. The first-order valence-corrected chi connectivity index (χ1v) is 11.7. The molecular weight excluding hydrogens is 422 g/mol. The SMILES string of the molecule is O=C1C[C@H](c2nc3ccccc3n2CCOc2ccccc2)CN1c1cccc2ccccc12. The zero-order valence-corrected chi connectivity index (χ0v) is 18.8. The molecule has 1 amide bonds. The van der Waals surface area contributed by atoms with Crippen molar-refractivity contribution in [2.45, 2.75) is 18.9 Å². The van der Waals surface area contributed by atoms with E-state index in [4.69, 9.17) is 9.72 Å². The topological polar surface area (TPSA) is 47.4 Å². The number of para-hydroxylation sites is 3. The summed E-state index contributed by atoms with van der Waals surface area (Å²) in [6.45, 7) is 1.82. The van der Waals surface area contributed by atoms with E-state index in [1.54, 1.807) is 0 Å². The fourth-order valence-electron chi connectivity index (χ4n) is 4.97. The van der Waals surface area contributed by atoms with Gasteiger partial charge < -0.3 is 14.2 Å². The molecule has 0 spiro atoms. The van der Waals surface area contributed by atoms with Crippen molar-refractivity contribution in [2.24, 2.45) is 0 Å². The van der Waals surface area contributed by atoms with E-state index in [1.165, 1.54) is 0 Å². The number of rotatable bonds is 6. The Morgan fingerprint density at radius 1 is 0.853 bits per heavy atom. The van der Waals surface area contributed by atoms with Crippen molar-refractivity contribution in [1.82, 2.24) is 9.55 Å². The lowest BCUT2D eigenvalue weighted by Crippen LogP contribution is -2.25. The van der Waals surface area contributed by atoms with E-state index in [-0.39, 0.29) is 11.8 Å². The van der Waals surface area contributed by atoms with E-state index in [1.807, 2.05) is 77.7 Å². The van der Waals surface area contributed by atoms with Crippen molar-refractivity contribution in [2.75, 3.05) is 18.1 Å². The number of anilines is 1. The van der Waals surface area contributed by atoms with Gasteiger partial charge in [0.15, 0.2) is 0 Å². The van der Waals surface area contributed by atoms with Gasteiger partial charge in [-0.3, -0.25) is 4.79 Å². The van der Waals surface area contributed by atoms with E-state index in [9.17, 15) is 4.79 Å². The third-order valence-corrected chi connectivity index (χ3v) is 6.56. The Labute approximate surface area is 198 Å². The van der Waals surface area contributed by atoms with Crippen LogP contribution in [0.5, 0.6) is 5.75 Å². The molecule has 168 valence electrons. The lowest BCUT2D eigenvalue weighted by molar-refractivity contribution is -0.117. The van der Waals surface area contributed by atoms with Gasteiger partial charge in [-0.05, 0) is 35.7 Å². The van der Waals surface area contributed by atoms with Crippen LogP contribution in [0.2, 0.25) is 0 Å². The third kappa shape index (κ3) is 3.69. The average molecular weight is 448 g/mol. The van der Waals surface area contributed by atoms with Crippen LogP contribution < -0.4 is 9.64 Å². The highest BCUT2D eigenvalue weighted by molar-refractivity contribution is 6.05. The summed E-state index contributed by atoms with van der Waals surface area (Å²) in [6.07, 6.45) is 0.450. The lowest BCUT2D eigenvalue weighted by atomic mass is 10.1. The fraction of sp³-hybridized carbons (Fsp3) is 0.172. The summed E-state index contributed by atoms with van der Waals surface area (Å²) in [5, 5.41) is 2.24. The summed E-state index contributed by atoms with van der Waals surface area (Å²) < 4.78 is 8.20. The minimum Gasteiger partial charge on any atom is -0.492 e. The van der Waals surface area contributed by atoms with Crippen LogP contribution in [0.4, 0.5) is 5.69 Å². The Morgan fingerprint density at radius 2 is 1.62 bits per heavy atom. The molecule has 0 unspecified atom stereocenters. The molecule has 1 aliphatic heterocycles. The molecule has 5 heteroatoms. The predicted octanol–water partition coefficient (Wildman–Crippen LogP) is 5.79. The molecule has 4 aromatic carbocycles. The van der Waals surface area contributed by atoms with Crippen molar-refractivity contribution in [3.8, 4) is 5.75 Å². The summed E-state index contributed by atoms with van der Waals surface area (Å²) in [4.78, 5) is 20.1. The van der Waals surface area contributed by atoms with Gasteiger partial charge in [0.05, 0.1) is 23.3 Å². The van der Waals surface area contributed by atoms with Crippen molar-refractivity contribution >= 4 is 33.4 Å². The van der Waals surface area contributed by atoms with Crippen molar-refractivity contribution in [3.63, 3.8) is 0 Å². The van der Waals surface area contributed by atoms with Crippen molar-refractivity contribution in [1.29, 1.82) is 0 Å². The molecule has 0 saturated carbocycles. The smallest absolute Gasteiger partial charge is 0.227 e. The molecule has 1 fully saturated rings. The Balaban J connectivity index is 1.31. The van der Waals surface area contributed by atoms with Crippen molar-refractivity contribution < 1.29 is 9.53 Å². The Bertz CT molecular complexity index is 1470. The first-order chi connectivity index (χ1) is 16.8. The second-order valence-corrected chi connectivity index (χ2v) is 8.68. The quantitative estimate of drug-likeness (QED) is 0.331. The predicted molar refractivity (Wildman–Crippen MR) is 135 cm³/mol. The molecule has 6 rings (SSSR count). The number of nitrogens with zero attached hydrogens (tertiary/aromatic N) is 3. The molecule has 5 nitrogen and oxygen atoms in total. The van der Waals surface area contributed by atoms with Crippen LogP contribution in [0.15, 0.2) is 97.1 Å². The maximum absolute atomic E-state index is 13.2. The lowest BCUT2D eigenvalue weighted by Gasteiger charge is -2.19. The number of ether oxygens (including phenoxy) is 1. The summed E-state index contributed by atoms with van der Waals surface area (Å²) in [7, 11) is 0. The summed E-state index contributed by atoms with van der Waals surface area (Å²) in [5.41, 5.74) is 3.00. The van der Waals surface area contributed by atoms with Gasteiger partial charge in [-0.25, -0.2) is 4.98 Å². The maximum Gasteiger partial charge on any atom is 0.227 e. The molecule has 0 aliphatic carbocycles. The highest BCUT2D eigenvalue weighted by Crippen LogP contribution is 2.36. The molecular formula is C29H25N3O2. The van der Waals surface area contributed by atoms with Crippen LogP contribution in [0, 0.1) is 0 Å². The summed E-state index contributed by atoms with van der Waals surface area (Å²) >= 11 is 0. The normalized spacial score (nSPS) is 15.9. The highest BCUT2D eigenvalue weighted by atomic mass is 16.5. The zero-order chi connectivity index (χ0) is 22.9. The van der Waals surface area contributed by atoms with E-state index < -0.39 is 0 Å². The molecule has 0 N–H and O–H groups in total. The fourth-order valence-corrected chi connectivity index (χ4v) is 4.97. The first-order valence-electron chi connectivity index (χ1n) is 11.7. The maximum atomic E-state index is 13.2. The minimum atomic E-state index is 0.0237. The number of imidazole rings is 1. The van der Waals surface area contributed by atoms with Crippen LogP contribution in [0.25, 0.3) is 21.8 Å². The van der Waals surface area contributed by atoms with Crippen LogP contribution in [-0.2, 0) is 11.3 Å². The number of fused-ring (bicyclic) bond motifs is 2. The van der Waals surface area contributed by atoms with E-state index >= 15 is 0 Å². The number of benzene rings is 4. The van der Waals surface area contributed by atoms with Crippen LogP contribution >= 0.6 is 0 Å². The van der Waals surface area contributed by atoms with Gasteiger partial charge in [-0.1, -0.05) is 66.7 Å². The molecule has 1 saturated heterocycles. The van der Waals surface area contributed by atoms with Crippen LogP contribution in [0.3, 0.4) is 0 Å². The Hall–Kier alpha value is -4.12. The summed E-state index contributed by atoms with van der Waals surface area (Å²) in [6, 6.07) is 32.4. The average Bonchev–Trinajstić information content (AvgIpc) is 3.45. The molecule has 0 radical (unpaired) electrons. The van der Waals surface area contributed by atoms with Gasteiger partial charge in [0, 0.05) is 24.3 Å². The third-order valence-electron chi connectivity index (χ3n) is 6.56. The van der Waals surface area contributed by atoms with E-state index in [2.05, 4.69) is 28.8 Å². The molecule has 2 heterocycles. The highest BCUT2D eigenvalue weighted by Gasteiger charge is 2.35. The standard InChI is InChI=1S/C29H25N3O2/c33-28-19-22(20-32(28)26-16-8-10-21-9-4-5-13-24(21)26)29-30-25-14-6-7-15-27(25)31(29)17-18-34-23-11-2-1-3-12-23/h1-16,22H,17-20H2/t22-/m0/s1. The van der Waals surface area contributed by atoms with Gasteiger partial charge in [-0.2, -0.15) is 0 Å². The number of hydrogen-bond acceptors (Lipinski definition) is 3. The summed E-state index contributed by atoms with van der Waals surface area (Å²) in [5.74, 6) is 1.97. The first kappa shape index (κ1) is 20.5. The minimum absolute atomic E-state index is 0.0237. The van der Waals surface area contributed by atoms with Gasteiger partial charge in [0.1, 0.15) is 18.2 Å². The van der Waals surface area contributed by atoms with E-state index in [0.29, 0.717) is 26.1 Å². The number of aromatic nitrogens is 2. The van der Waals surface area contributed by atoms with Crippen LogP contribution in [0.1, 0.15) is 18.2 Å². The van der Waals surface area contributed by atoms with Gasteiger partial charge in [-0.15, -0.1) is 0 Å². The number of hydrogen-bond donors (Lipinski definition) is 0. The molecule has 5 aromatic rings. The number of carbonyl (C=O) groups excluding carboxylic acids is 1. The Morgan fingerprint density at radius 3 is 2.53 bits per heavy atom. The second kappa shape index (κ2) is 8.67. The second-order valence-electron chi connectivity index (χ2n) is 8.68.